The number of hydrogen-bond donors (Lipinski definition) is 2. The molecule has 0 unspecified atom stereocenters. The van der Waals surface area contributed by atoms with Crippen molar-refractivity contribution in [1.82, 2.24) is 14.9 Å². The summed E-state index contributed by atoms with van der Waals surface area (Å²) in [5.74, 6) is 0.491. The number of aromatic amines is 1. The SMILES string of the molecule is COc1cc(/C=N/n2c(-c3ccc(F)cc3)n[nH]c2=S)cc(OC)c1O. The fraction of sp³-hybridized carbons (Fsp3) is 0.118. The topological polar surface area (TPSA) is 84.7 Å². The third kappa shape index (κ3) is 3.42. The Morgan fingerprint density at radius 3 is 2.38 bits per heavy atom. The molecule has 0 saturated carbocycles. The Labute approximate surface area is 153 Å². The van der Waals surface area contributed by atoms with Gasteiger partial charge in [-0.15, -0.1) is 0 Å². The number of phenolic OH excluding ortho intramolecular Hbond substituents is 1. The lowest BCUT2D eigenvalue weighted by Gasteiger charge is -2.09. The van der Waals surface area contributed by atoms with Gasteiger partial charge >= 0.3 is 0 Å². The number of aromatic hydroxyl groups is 1. The average Bonchev–Trinajstić information content (AvgIpc) is 3.02. The summed E-state index contributed by atoms with van der Waals surface area (Å²) in [4.78, 5) is 0. The highest BCUT2D eigenvalue weighted by atomic mass is 32.1. The predicted molar refractivity (Wildman–Crippen MR) is 97.0 cm³/mol. The zero-order valence-electron chi connectivity index (χ0n) is 13.9. The van der Waals surface area contributed by atoms with Crippen LogP contribution in [0.1, 0.15) is 5.56 Å². The summed E-state index contributed by atoms with van der Waals surface area (Å²) in [7, 11) is 2.88. The van der Waals surface area contributed by atoms with Crippen LogP contribution in [0.2, 0.25) is 0 Å². The van der Waals surface area contributed by atoms with Crippen LogP contribution < -0.4 is 9.47 Å². The van der Waals surface area contributed by atoms with Gasteiger partial charge in [-0.25, -0.2) is 9.49 Å². The number of ether oxygens (including phenoxy) is 2. The Bertz CT molecular complexity index is 987. The molecule has 0 spiro atoms. The van der Waals surface area contributed by atoms with E-state index in [0.29, 0.717) is 17.0 Å². The van der Waals surface area contributed by atoms with Gasteiger partial charge in [0, 0.05) is 11.1 Å². The Hall–Kier alpha value is -3.20. The molecule has 0 radical (unpaired) electrons. The Kier molecular flexibility index (Phi) is 4.99. The summed E-state index contributed by atoms with van der Waals surface area (Å²) in [5.41, 5.74) is 1.27. The molecule has 26 heavy (non-hydrogen) atoms. The molecule has 7 nitrogen and oxygen atoms in total. The van der Waals surface area contributed by atoms with E-state index in [1.54, 1.807) is 24.3 Å². The summed E-state index contributed by atoms with van der Waals surface area (Å²) >= 11 is 5.20. The van der Waals surface area contributed by atoms with E-state index in [9.17, 15) is 9.50 Å². The smallest absolute Gasteiger partial charge is 0.216 e. The molecule has 3 rings (SSSR count). The van der Waals surface area contributed by atoms with E-state index in [4.69, 9.17) is 21.7 Å². The van der Waals surface area contributed by atoms with Gasteiger partial charge in [0.1, 0.15) is 5.82 Å². The molecule has 1 aromatic heterocycles. The van der Waals surface area contributed by atoms with Crippen molar-refractivity contribution >= 4 is 18.4 Å². The van der Waals surface area contributed by atoms with Gasteiger partial charge in [-0.05, 0) is 48.6 Å². The Balaban J connectivity index is 2.01. The lowest BCUT2D eigenvalue weighted by molar-refractivity contribution is 0.340. The first-order valence-electron chi connectivity index (χ1n) is 7.46. The van der Waals surface area contributed by atoms with Crippen LogP contribution in [-0.2, 0) is 0 Å². The molecule has 0 aliphatic heterocycles. The maximum absolute atomic E-state index is 13.1. The fourth-order valence-electron chi connectivity index (χ4n) is 2.30. The molecule has 3 aromatic rings. The number of rotatable bonds is 5. The van der Waals surface area contributed by atoms with Gasteiger partial charge in [0.05, 0.1) is 20.4 Å². The molecule has 0 atom stereocenters. The number of nitrogens with one attached hydrogen (secondary N) is 1. The van der Waals surface area contributed by atoms with E-state index in [1.165, 1.54) is 37.2 Å². The van der Waals surface area contributed by atoms with Gasteiger partial charge in [0.15, 0.2) is 17.3 Å². The van der Waals surface area contributed by atoms with Crippen molar-refractivity contribution in [3.8, 4) is 28.6 Å². The molecule has 9 heteroatoms. The number of methoxy groups -OCH3 is 2. The molecule has 2 aromatic carbocycles. The van der Waals surface area contributed by atoms with Crippen LogP contribution in [0.15, 0.2) is 41.5 Å². The summed E-state index contributed by atoms with van der Waals surface area (Å²) < 4.78 is 25.1. The van der Waals surface area contributed by atoms with Crippen LogP contribution in [-0.4, -0.2) is 40.4 Å². The van der Waals surface area contributed by atoms with Crippen LogP contribution in [0.4, 0.5) is 4.39 Å². The molecule has 0 bridgehead atoms. The summed E-state index contributed by atoms with van der Waals surface area (Å²) in [5, 5.41) is 21.1. The first-order valence-corrected chi connectivity index (χ1v) is 7.87. The van der Waals surface area contributed by atoms with Crippen molar-refractivity contribution in [2.45, 2.75) is 0 Å². The minimum atomic E-state index is -0.346. The van der Waals surface area contributed by atoms with Crippen molar-refractivity contribution in [2.24, 2.45) is 5.10 Å². The van der Waals surface area contributed by atoms with Gasteiger partial charge < -0.3 is 14.6 Å². The van der Waals surface area contributed by atoms with Gasteiger partial charge in [0.25, 0.3) is 0 Å². The first kappa shape index (κ1) is 17.6. The number of phenols is 1. The molecular formula is C17H15FN4O3S. The molecular weight excluding hydrogens is 359 g/mol. The highest BCUT2D eigenvalue weighted by Crippen LogP contribution is 2.36. The number of H-pyrrole nitrogens is 1. The normalized spacial score (nSPS) is 11.0. The standard InChI is InChI=1S/C17H15FN4O3S/c1-24-13-7-10(8-14(25-2)15(13)23)9-19-22-16(20-21-17(22)26)11-3-5-12(18)6-4-11/h3-9,23H,1-2H3,(H,21,26)/b19-9+. The Morgan fingerprint density at radius 2 is 1.81 bits per heavy atom. The van der Waals surface area contributed by atoms with Crippen molar-refractivity contribution in [3.63, 3.8) is 0 Å². The summed E-state index contributed by atoms with van der Waals surface area (Å²) in [6, 6.07) is 9.02. The minimum Gasteiger partial charge on any atom is -0.502 e. The molecule has 0 fully saturated rings. The highest BCUT2D eigenvalue weighted by molar-refractivity contribution is 7.71. The number of hydrogen-bond acceptors (Lipinski definition) is 6. The van der Waals surface area contributed by atoms with Gasteiger partial charge in [-0.1, -0.05) is 0 Å². The van der Waals surface area contributed by atoms with E-state index >= 15 is 0 Å². The van der Waals surface area contributed by atoms with Crippen LogP contribution in [0, 0.1) is 10.6 Å². The molecule has 0 saturated heterocycles. The number of aromatic nitrogens is 3. The molecule has 0 aliphatic carbocycles. The summed E-state index contributed by atoms with van der Waals surface area (Å²) in [6.07, 6.45) is 1.52. The van der Waals surface area contributed by atoms with Crippen LogP contribution in [0.25, 0.3) is 11.4 Å². The average molecular weight is 374 g/mol. The Morgan fingerprint density at radius 1 is 1.19 bits per heavy atom. The lowest BCUT2D eigenvalue weighted by atomic mass is 10.2. The van der Waals surface area contributed by atoms with Crippen molar-refractivity contribution in [1.29, 1.82) is 0 Å². The van der Waals surface area contributed by atoms with Gasteiger partial charge in [-0.2, -0.15) is 14.9 Å². The molecule has 2 N–H and O–H groups in total. The molecule has 0 aliphatic rings. The molecule has 0 amide bonds. The van der Waals surface area contributed by atoms with Gasteiger partial charge in [-0.3, -0.25) is 0 Å². The molecule has 1 heterocycles. The second-order valence-electron chi connectivity index (χ2n) is 5.19. The molecule has 134 valence electrons. The zero-order chi connectivity index (χ0) is 18.7. The number of benzene rings is 2. The van der Waals surface area contributed by atoms with E-state index in [1.807, 2.05) is 0 Å². The largest absolute Gasteiger partial charge is 0.502 e. The van der Waals surface area contributed by atoms with Crippen LogP contribution in [0.3, 0.4) is 0 Å². The first-order chi connectivity index (χ1) is 12.5. The monoisotopic (exact) mass is 374 g/mol. The van der Waals surface area contributed by atoms with Crippen molar-refractivity contribution < 1.29 is 19.0 Å². The lowest BCUT2D eigenvalue weighted by Crippen LogP contribution is -1.96. The third-order valence-electron chi connectivity index (χ3n) is 3.58. The van der Waals surface area contributed by atoms with E-state index in [0.717, 1.165) is 0 Å². The van der Waals surface area contributed by atoms with Crippen LogP contribution >= 0.6 is 12.2 Å². The van der Waals surface area contributed by atoms with Crippen LogP contribution in [0.5, 0.6) is 17.2 Å². The quantitative estimate of drug-likeness (QED) is 0.528. The minimum absolute atomic E-state index is 0.0981. The van der Waals surface area contributed by atoms with E-state index in [-0.39, 0.29) is 27.8 Å². The maximum atomic E-state index is 13.1. The van der Waals surface area contributed by atoms with E-state index < -0.39 is 0 Å². The highest BCUT2D eigenvalue weighted by Gasteiger charge is 2.11. The van der Waals surface area contributed by atoms with Gasteiger partial charge in [0.2, 0.25) is 10.5 Å². The van der Waals surface area contributed by atoms with Crippen molar-refractivity contribution in [2.75, 3.05) is 14.2 Å². The number of nitrogens with zero attached hydrogens (tertiary/aromatic N) is 3. The third-order valence-corrected chi connectivity index (χ3v) is 3.84. The second kappa shape index (κ2) is 7.36. The fourth-order valence-corrected chi connectivity index (χ4v) is 2.48. The zero-order valence-corrected chi connectivity index (χ0v) is 14.7. The maximum Gasteiger partial charge on any atom is 0.216 e. The predicted octanol–water partition coefficient (Wildman–Crippen LogP) is 3.35. The second-order valence-corrected chi connectivity index (χ2v) is 5.58. The van der Waals surface area contributed by atoms with Crippen molar-refractivity contribution in [3.05, 3.63) is 52.5 Å². The summed E-state index contributed by atoms with van der Waals surface area (Å²) in [6.45, 7) is 0. The number of halogens is 1. The van der Waals surface area contributed by atoms with E-state index in [2.05, 4.69) is 15.3 Å².